The lowest BCUT2D eigenvalue weighted by molar-refractivity contribution is -0.121. The number of amides is 1. The molecule has 0 aliphatic heterocycles. The maximum absolute atomic E-state index is 11.6. The molecule has 4 heteroatoms. The van der Waals surface area contributed by atoms with Gasteiger partial charge in [0.15, 0.2) is 0 Å². The summed E-state index contributed by atoms with van der Waals surface area (Å²) in [5, 5.41) is 2.92. The highest BCUT2D eigenvalue weighted by atomic mass is 32.1. The summed E-state index contributed by atoms with van der Waals surface area (Å²) in [5.74, 6) is 0.120. The van der Waals surface area contributed by atoms with Gasteiger partial charge in [0.1, 0.15) is 4.99 Å². The molecule has 1 aromatic rings. The van der Waals surface area contributed by atoms with Crippen molar-refractivity contribution in [3.05, 3.63) is 35.4 Å². The van der Waals surface area contributed by atoms with Gasteiger partial charge >= 0.3 is 0 Å². The monoisotopic (exact) mass is 278 g/mol. The lowest BCUT2D eigenvalue weighted by atomic mass is 10.1. The highest BCUT2D eigenvalue weighted by Gasteiger charge is 2.02. The summed E-state index contributed by atoms with van der Waals surface area (Å²) in [6, 6.07) is 7.63. The van der Waals surface area contributed by atoms with E-state index in [-0.39, 0.29) is 5.91 Å². The average molecular weight is 278 g/mol. The molecule has 104 valence electrons. The molecule has 0 radical (unpaired) electrons. The fourth-order valence-electron chi connectivity index (χ4n) is 1.79. The molecular formula is C15H22N2OS. The third kappa shape index (κ3) is 6.34. The van der Waals surface area contributed by atoms with Crippen LogP contribution in [0.5, 0.6) is 0 Å². The Labute approximate surface area is 120 Å². The Hall–Kier alpha value is -1.42. The first kappa shape index (κ1) is 15.6. The van der Waals surface area contributed by atoms with Crippen LogP contribution in [0, 0.1) is 0 Å². The van der Waals surface area contributed by atoms with Crippen molar-refractivity contribution in [3.63, 3.8) is 0 Å². The molecule has 0 saturated heterocycles. The van der Waals surface area contributed by atoms with Gasteiger partial charge in [-0.2, -0.15) is 0 Å². The molecule has 1 aromatic carbocycles. The van der Waals surface area contributed by atoms with Crippen LogP contribution in [0.15, 0.2) is 24.3 Å². The lowest BCUT2D eigenvalue weighted by Crippen LogP contribution is -2.22. The van der Waals surface area contributed by atoms with E-state index in [4.69, 9.17) is 18.0 Å². The zero-order chi connectivity index (χ0) is 14.1. The molecule has 0 fully saturated rings. The minimum Gasteiger partial charge on any atom is -0.389 e. The highest BCUT2D eigenvalue weighted by Crippen LogP contribution is 2.05. The topological polar surface area (TPSA) is 55.1 Å². The van der Waals surface area contributed by atoms with Crippen molar-refractivity contribution < 1.29 is 4.79 Å². The van der Waals surface area contributed by atoms with Crippen molar-refractivity contribution in [2.24, 2.45) is 5.73 Å². The standard InChI is InChI=1S/C15H22N2OS/c1-2-3-4-5-6-14(18)17-11-12-7-9-13(10-8-12)15(16)19/h7-10H,2-6,11H2,1H3,(H2,16,19)(H,17,18). The van der Waals surface area contributed by atoms with Crippen molar-refractivity contribution in [1.29, 1.82) is 0 Å². The van der Waals surface area contributed by atoms with Gasteiger partial charge in [0, 0.05) is 18.5 Å². The average Bonchev–Trinajstić information content (AvgIpc) is 2.42. The smallest absolute Gasteiger partial charge is 0.220 e. The molecule has 0 aliphatic rings. The number of benzene rings is 1. The van der Waals surface area contributed by atoms with Crippen molar-refractivity contribution in [3.8, 4) is 0 Å². The maximum Gasteiger partial charge on any atom is 0.220 e. The van der Waals surface area contributed by atoms with Crippen LogP contribution < -0.4 is 11.1 Å². The van der Waals surface area contributed by atoms with Gasteiger partial charge in [-0.1, -0.05) is 62.7 Å². The normalized spacial score (nSPS) is 10.2. The van der Waals surface area contributed by atoms with E-state index in [2.05, 4.69) is 12.2 Å². The molecule has 0 heterocycles. The van der Waals surface area contributed by atoms with E-state index >= 15 is 0 Å². The zero-order valence-electron chi connectivity index (χ0n) is 11.4. The van der Waals surface area contributed by atoms with E-state index in [0.717, 1.165) is 24.0 Å². The third-order valence-electron chi connectivity index (χ3n) is 2.99. The van der Waals surface area contributed by atoms with Crippen molar-refractivity contribution >= 4 is 23.1 Å². The Kier molecular flexibility index (Phi) is 7.11. The van der Waals surface area contributed by atoms with Crippen LogP contribution in [0.3, 0.4) is 0 Å². The van der Waals surface area contributed by atoms with Crippen LogP contribution in [-0.4, -0.2) is 10.9 Å². The molecule has 1 rings (SSSR count). The predicted molar refractivity (Wildman–Crippen MR) is 82.9 cm³/mol. The molecule has 3 nitrogen and oxygen atoms in total. The van der Waals surface area contributed by atoms with Crippen LogP contribution in [0.25, 0.3) is 0 Å². The molecule has 0 bridgehead atoms. The van der Waals surface area contributed by atoms with Crippen molar-refractivity contribution in [1.82, 2.24) is 5.32 Å². The molecule has 0 atom stereocenters. The number of carbonyl (C=O) groups is 1. The van der Waals surface area contributed by atoms with Crippen molar-refractivity contribution in [2.45, 2.75) is 45.6 Å². The van der Waals surface area contributed by atoms with E-state index < -0.39 is 0 Å². The Morgan fingerprint density at radius 1 is 1.21 bits per heavy atom. The summed E-state index contributed by atoms with van der Waals surface area (Å²) in [6.45, 7) is 2.72. The van der Waals surface area contributed by atoms with E-state index in [1.165, 1.54) is 12.8 Å². The van der Waals surface area contributed by atoms with E-state index in [1.54, 1.807) is 0 Å². The predicted octanol–water partition coefficient (Wildman–Crippen LogP) is 2.91. The molecule has 19 heavy (non-hydrogen) atoms. The van der Waals surface area contributed by atoms with Gasteiger partial charge in [0.2, 0.25) is 5.91 Å². The second-order valence-corrected chi connectivity index (χ2v) is 5.09. The van der Waals surface area contributed by atoms with Gasteiger partial charge in [-0.15, -0.1) is 0 Å². The highest BCUT2D eigenvalue weighted by molar-refractivity contribution is 7.80. The minimum atomic E-state index is 0.120. The minimum absolute atomic E-state index is 0.120. The van der Waals surface area contributed by atoms with E-state index in [1.807, 2.05) is 24.3 Å². The number of nitrogens with two attached hydrogens (primary N) is 1. The SMILES string of the molecule is CCCCCCC(=O)NCc1ccc(C(N)=S)cc1. The number of carbonyl (C=O) groups excluding carboxylic acids is 1. The summed E-state index contributed by atoms with van der Waals surface area (Å²) in [6.07, 6.45) is 5.11. The Morgan fingerprint density at radius 2 is 1.89 bits per heavy atom. The van der Waals surface area contributed by atoms with Gasteiger partial charge in [-0.25, -0.2) is 0 Å². The fraction of sp³-hybridized carbons (Fsp3) is 0.467. The van der Waals surface area contributed by atoms with E-state index in [0.29, 0.717) is 18.0 Å². The second kappa shape index (κ2) is 8.64. The fourth-order valence-corrected chi connectivity index (χ4v) is 1.92. The number of hydrogen-bond acceptors (Lipinski definition) is 2. The number of unbranched alkanes of at least 4 members (excludes halogenated alkanes) is 3. The van der Waals surface area contributed by atoms with Crippen LogP contribution in [0.1, 0.15) is 50.2 Å². The summed E-state index contributed by atoms with van der Waals surface area (Å²) < 4.78 is 0. The van der Waals surface area contributed by atoms with Gasteiger partial charge in [-0.05, 0) is 12.0 Å². The Balaban J connectivity index is 2.28. The van der Waals surface area contributed by atoms with Gasteiger partial charge < -0.3 is 11.1 Å². The van der Waals surface area contributed by atoms with Crippen LogP contribution in [0.2, 0.25) is 0 Å². The second-order valence-electron chi connectivity index (χ2n) is 4.65. The lowest BCUT2D eigenvalue weighted by Gasteiger charge is -2.06. The van der Waals surface area contributed by atoms with Gasteiger partial charge in [0.05, 0.1) is 0 Å². The molecule has 0 spiro atoms. The first-order valence-electron chi connectivity index (χ1n) is 6.79. The van der Waals surface area contributed by atoms with Crippen LogP contribution in [-0.2, 0) is 11.3 Å². The number of hydrogen-bond donors (Lipinski definition) is 2. The van der Waals surface area contributed by atoms with Crippen LogP contribution in [0.4, 0.5) is 0 Å². The molecule has 3 N–H and O–H groups in total. The molecule has 0 unspecified atom stereocenters. The zero-order valence-corrected chi connectivity index (χ0v) is 12.3. The molecule has 0 saturated carbocycles. The molecule has 1 amide bonds. The summed E-state index contributed by atoms with van der Waals surface area (Å²) >= 11 is 4.89. The number of rotatable bonds is 8. The number of thiocarbonyl (C=S) groups is 1. The van der Waals surface area contributed by atoms with Crippen molar-refractivity contribution in [2.75, 3.05) is 0 Å². The van der Waals surface area contributed by atoms with Gasteiger partial charge in [-0.3, -0.25) is 4.79 Å². The molecule has 0 aliphatic carbocycles. The summed E-state index contributed by atoms with van der Waals surface area (Å²) in [7, 11) is 0. The third-order valence-corrected chi connectivity index (χ3v) is 3.22. The summed E-state index contributed by atoms with van der Waals surface area (Å²) in [4.78, 5) is 12.0. The summed E-state index contributed by atoms with van der Waals surface area (Å²) in [5.41, 5.74) is 7.44. The first-order valence-corrected chi connectivity index (χ1v) is 7.19. The van der Waals surface area contributed by atoms with Crippen LogP contribution >= 0.6 is 12.2 Å². The molecule has 0 aromatic heterocycles. The number of nitrogens with one attached hydrogen (secondary N) is 1. The van der Waals surface area contributed by atoms with E-state index in [9.17, 15) is 4.79 Å². The maximum atomic E-state index is 11.6. The van der Waals surface area contributed by atoms with Gasteiger partial charge in [0.25, 0.3) is 0 Å². The quantitative estimate of drug-likeness (QED) is 0.568. The Bertz CT molecular complexity index is 415. The largest absolute Gasteiger partial charge is 0.389 e. The first-order chi connectivity index (χ1) is 9.13. The molecular weight excluding hydrogens is 256 g/mol. The Morgan fingerprint density at radius 3 is 2.47 bits per heavy atom.